The lowest BCUT2D eigenvalue weighted by molar-refractivity contribution is -0.140. The number of nitrogens with zero attached hydrogens (tertiary/aromatic N) is 2. The number of methoxy groups -OCH3 is 1. The fourth-order valence-corrected chi connectivity index (χ4v) is 3.10. The molecule has 0 saturated carbocycles. The van der Waals surface area contributed by atoms with Crippen molar-refractivity contribution in [3.8, 4) is 0 Å². The molecule has 1 unspecified atom stereocenters. The van der Waals surface area contributed by atoms with Crippen molar-refractivity contribution in [1.29, 1.82) is 0 Å². The fraction of sp³-hybridized carbons (Fsp3) is 0.692. The Kier molecular flexibility index (Phi) is 5.15. The summed E-state index contributed by atoms with van der Waals surface area (Å²) in [6.07, 6.45) is 3.47. The van der Waals surface area contributed by atoms with Gasteiger partial charge in [-0.2, -0.15) is 0 Å². The summed E-state index contributed by atoms with van der Waals surface area (Å²) in [5, 5.41) is 6.45. The lowest BCUT2D eigenvalue weighted by atomic mass is 10.1. The highest BCUT2D eigenvalue weighted by atomic mass is 32.1. The van der Waals surface area contributed by atoms with Crippen LogP contribution in [-0.2, 0) is 16.0 Å². The van der Waals surface area contributed by atoms with Gasteiger partial charge in [-0.1, -0.05) is 0 Å². The maximum absolute atomic E-state index is 11.1. The van der Waals surface area contributed by atoms with Crippen LogP contribution in [0.25, 0.3) is 0 Å². The molecule has 5 nitrogen and oxygen atoms in total. The summed E-state index contributed by atoms with van der Waals surface area (Å²) in [5.74, 6) is -0.184. The Hall–Kier alpha value is -1.14. The van der Waals surface area contributed by atoms with Crippen LogP contribution in [0.5, 0.6) is 0 Å². The second-order valence-electron chi connectivity index (χ2n) is 4.97. The first-order valence-corrected chi connectivity index (χ1v) is 7.51. The van der Waals surface area contributed by atoms with Gasteiger partial charge in [-0.05, 0) is 26.4 Å². The van der Waals surface area contributed by atoms with Gasteiger partial charge in [0, 0.05) is 24.4 Å². The van der Waals surface area contributed by atoms with Gasteiger partial charge in [0.05, 0.1) is 19.2 Å². The van der Waals surface area contributed by atoms with Crippen molar-refractivity contribution >= 4 is 22.4 Å². The summed E-state index contributed by atoms with van der Waals surface area (Å²) in [6, 6.07) is 0.485. The molecule has 106 valence electrons. The maximum atomic E-state index is 11.1. The number of hydrogen-bond acceptors (Lipinski definition) is 6. The number of esters is 1. The third-order valence-corrected chi connectivity index (χ3v) is 4.14. The Bertz CT molecular complexity index is 422. The summed E-state index contributed by atoms with van der Waals surface area (Å²) in [7, 11) is 3.56. The molecule has 0 amide bonds. The molecule has 0 aromatic carbocycles. The van der Waals surface area contributed by atoms with Gasteiger partial charge in [-0.3, -0.25) is 4.79 Å². The van der Waals surface area contributed by atoms with Crippen LogP contribution < -0.4 is 5.32 Å². The molecule has 1 atom stereocenters. The van der Waals surface area contributed by atoms with Crippen LogP contribution in [0.2, 0.25) is 0 Å². The van der Waals surface area contributed by atoms with Gasteiger partial charge in [0.15, 0.2) is 5.13 Å². The van der Waals surface area contributed by atoms with E-state index >= 15 is 0 Å². The van der Waals surface area contributed by atoms with Crippen LogP contribution in [0, 0.1) is 0 Å². The molecule has 1 saturated heterocycles. The van der Waals surface area contributed by atoms with Crippen LogP contribution >= 0.6 is 11.3 Å². The number of carbonyl (C=O) groups excluding carboxylic acids is 1. The Morgan fingerprint density at radius 2 is 2.53 bits per heavy atom. The summed E-state index contributed by atoms with van der Waals surface area (Å²) in [6.45, 7) is 2.25. The van der Waals surface area contributed by atoms with Crippen molar-refractivity contribution in [1.82, 2.24) is 9.88 Å². The molecular formula is C13H21N3O2S. The summed E-state index contributed by atoms with van der Waals surface area (Å²) < 4.78 is 4.63. The normalized spacial score (nSPS) is 20.2. The average molecular weight is 283 g/mol. The van der Waals surface area contributed by atoms with E-state index in [2.05, 4.69) is 27.0 Å². The van der Waals surface area contributed by atoms with Crippen LogP contribution in [0.4, 0.5) is 5.13 Å². The Morgan fingerprint density at radius 3 is 3.26 bits per heavy atom. The minimum absolute atomic E-state index is 0.184. The summed E-state index contributed by atoms with van der Waals surface area (Å²) >= 11 is 1.61. The van der Waals surface area contributed by atoms with E-state index in [0.29, 0.717) is 18.9 Å². The number of rotatable bonds is 5. The molecule has 2 rings (SSSR count). The highest BCUT2D eigenvalue weighted by Crippen LogP contribution is 2.20. The van der Waals surface area contributed by atoms with Crippen molar-refractivity contribution in [2.75, 3.05) is 32.6 Å². The van der Waals surface area contributed by atoms with E-state index in [0.717, 1.165) is 17.4 Å². The molecule has 19 heavy (non-hydrogen) atoms. The van der Waals surface area contributed by atoms with Crippen molar-refractivity contribution in [2.24, 2.45) is 0 Å². The summed E-state index contributed by atoms with van der Waals surface area (Å²) in [5.41, 5.74) is 0.960. The topological polar surface area (TPSA) is 54.5 Å². The SMILES string of the molecule is COC(=O)CCc1csc(NC2CCCN(C)C2)n1. The largest absolute Gasteiger partial charge is 0.469 e. The second-order valence-corrected chi connectivity index (χ2v) is 5.82. The number of piperidine rings is 1. The van der Waals surface area contributed by atoms with Crippen LogP contribution in [0.15, 0.2) is 5.38 Å². The average Bonchev–Trinajstić information content (AvgIpc) is 2.83. The molecule has 1 aromatic heterocycles. The van der Waals surface area contributed by atoms with Gasteiger partial charge in [-0.25, -0.2) is 4.98 Å². The molecule has 0 radical (unpaired) electrons. The number of aryl methyl sites for hydroxylation is 1. The van der Waals surface area contributed by atoms with Crippen molar-refractivity contribution in [3.63, 3.8) is 0 Å². The molecule has 1 fully saturated rings. The van der Waals surface area contributed by atoms with E-state index in [-0.39, 0.29) is 5.97 Å². The van der Waals surface area contributed by atoms with Gasteiger partial charge in [0.1, 0.15) is 0 Å². The van der Waals surface area contributed by atoms with Gasteiger partial charge in [0.25, 0.3) is 0 Å². The van der Waals surface area contributed by atoms with E-state index in [1.807, 2.05) is 5.38 Å². The van der Waals surface area contributed by atoms with Crippen molar-refractivity contribution in [2.45, 2.75) is 31.7 Å². The van der Waals surface area contributed by atoms with Gasteiger partial charge >= 0.3 is 5.97 Å². The highest BCUT2D eigenvalue weighted by Gasteiger charge is 2.17. The number of anilines is 1. The number of ether oxygens (including phenoxy) is 1. The smallest absolute Gasteiger partial charge is 0.305 e. The first kappa shape index (κ1) is 14.3. The molecule has 0 bridgehead atoms. The second kappa shape index (κ2) is 6.86. The molecule has 6 heteroatoms. The van der Waals surface area contributed by atoms with E-state index in [9.17, 15) is 4.79 Å². The highest BCUT2D eigenvalue weighted by molar-refractivity contribution is 7.13. The van der Waals surface area contributed by atoms with Crippen molar-refractivity contribution in [3.05, 3.63) is 11.1 Å². The van der Waals surface area contributed by atoms with Gasteiger partial charge in [0.2, 0.25) is 0 Å². The molecule has 0 aliphatic carbocycles. The quantitative estimate of drug-likeness (QED) is 0.834. The predicted octanol–water partition coefficient (Wildman–Crippen LogP) is 1.75. The van der Waals surface area contributed by atoms with E-state index < -0.39 is 0 Å². The van der Waals surface area contributed by atoms with Crippen LogP contribution in [-0.4, -0.2) is 49.1 Å². The number of likely N-dealkylation sites (tertiary alicyclic amines) is 1. The molecule has 1 aliphatic heterocycles. The Morgan fingerprint density at radius 1 is 1.68 bits per heavy atom. The summed E-state index contributed by atoms with van der Waals surface area (Å²) in [4.78, 5) is 17.9. The third kappa shape index (κ3) is 4.47. The van der Waals surface area contributed by atoms with E-state index in [4.69, 9.17) is 0 Å². The monoisotopic (exact) mass is 283 g/mol. The number of carbonyl (C=O) groups is 1. The van der Waals surface area contributed by atoms with E-state index in [1.165, 1.54) is 26.5 Å². The third-order valence-electron chi connectivity index (χ3n) is 3.32. The van der Waals surface area contributed by atoms with Gasteiger partial charge in [-0.15, -0.1) is 11.3 Å². The molecule has 1 N–H and O–H groups in total. The van der Waals surface area contributed by atoms with Crippen LogP contribution in [0.3, 0.4) is 0 Å². The number of hydrogen-bond donors (Lipinski definition) is 1. The zero-order valence-electron chi connectivity index (χ0n) is 11.5. The standard InChI is InChI=1S/C13H21N3O2S/c1-16-7-3-4-10(8-16)14-13-15-11(9-19-13)5-6-12(17)18-2/h9-10H,3-8H2,1-2H3,(H,14,15). The molecular weight excluding hydrogens is 262 g/mol. The van der Waals surface area contributed by atoms with Gasteiger partial charge < -0.3 is 15.0 Å². The molecule has 0 spiro atoms. The Labute approximate surface area is 118 Å². The first-order valence-electron chi connectivity index (χ1n) is 6.63. The lowest BCUT2D eigenvalue weighted by Crippen LogP contribution is -2.39. The fourth-order valence-electron chi connectivity index (χ4n) is 2.28. The number of likely N-dealkylation sites (N-methyl/N-ethyl adjacent to an activating group) is 1. The van der Waals surface area contributed by atoms with Crippen molar-refractivity contribution < 1.29 is 9.53 Å². The minimum Gasteiger partial charge on any atom is -0.469 e. The first-order chi connectivity index (χ1) is 9.17. The number of thiazole rings is 1. The predicted molar refractivity (Wildman–Crippen MR) is 76.6 cm³/mol. The lowest BCUT2D eigenvalue weighted by Gasteiger charge is -2.29. The Balaban J connectivity index is 1.81. The number of aromatic nitrogens is 1. The molecule has 1 aliphatic rings. The minimum atomic E-state index is -0.184. The zero-order valence-corrected chi connectivity index (χ0v) is 12.3. The van der Waals surface area contributed by atoms with Crippen LogP contribution in [0.1, 0.15) is 25.0 Å². The molecule has 2 heterocycles. The van der Waals surface area contributed by atoms with E-state index in [1.54, 1.807) is 11.3 Å². The maximum Gasteiger partial charge on any atom is 0.305 e. The zero-order chi connectivity index (χ0) is 13.7. The molecule has 1 aromatic rings. The number of nitrogens with one attached hydrogen (secondary N) is 1.